The second-order valence-electron chi connectivity index (χ2n) is 4.80. The van der Waals surface area contributed by atoms with Gasteiger partial charge in [0.2, 0.25) is 0 Å². The molecule has 3 nitrogen and oxygen atoms in total. The molecule has 0 saturated carbocycles. The predicted octanol–water partition coefficient (Wildman–Crippen LogP) is 2.32. The van der Waals surface area contributed by atoms with Gasteiger partial charge in [0.15, 0.2) is 0 Å². The molecule has 0 aromatic heterocycles. The van der Waals surface area contributed by atoms with Crippen LogP contribution in [-0.4, -0.2) is 33.5 Å². The molecule has 3 heteroatoms. The number of methoxy groups -OCH3 is 1. The van der Waals surface area contributed by atoms with Crippen LogP contribution in [0.3, 0.4) is 0 Å². The van der Waals surface area contributed by atoms with Crippen molar-refractivity contribution >= 4 is 0 Å². The molecule has 2 atom stereocenters. The summed E-state index contributed by atoms with van der Waals surface area (Å²) in [6, 6.07) is 9.09. The molecule has 2 rings (SSSR count). The van der Waals surface area contributed by atoms with Gasteiger partial charge in [-0.1, -0.05) is 24.3 Å². The van der Waals surface area contributed by atoms with E-state index >= 15 is 0 Å². The van der Waals surface area contributed by atoms with Crippen molar-refractivity contribution in [1.82, 2.24) is 5.32 Å². The summed E-state index contributed by atoms with van der Waals surface area (Å²) in [5, 5.41) is 3.37. The Kier molecular flexibility index (Phi) is 5.17. The minimum Gasteiger partial charge on any atom is -0.384 e. The van der Waals surface area contributed by atoms with Crippen LogP contribution in [0.2, 0.25) is 0 Å². The van der Waals surface area contributed by atoms with E-state index in [-0.39, 0.29) is 0 Å². The summed E-state index contributed by atoms with van der Waals surface area (Å²) in [6.07, 6.45) is 3.62. The van der Waals surface area contributed by atoms with E-state index in [9.17, 15) is 0 Å². The van der Waals surface area contributed by atoms with E-state index in [4.69, 9.17) is 9.47 Å². The third-order valence-corrected chi connectivity index (χ3v) is 3.58. The van der Waals surface area contributed by atoms with E-state index in [0.29, 0.717) is 12.1 Å². The van der Waals surface area contributed by atoms with E-state index in [2.05, 4.69) is 29.6 Å². The molecule has 0 amide bonds. The van der Waals surface area contributed by atoms with Crippen LogP contribution in [0.5, 0.6) is 0 Å². The van der Waals surface area contributed by atoms with Crippen LogP contribution >= 0.6 is 0 Å². The Bertz CT molecular complexity index is 344. The number of ether oxygens (including phenoxy) is 2. The number of rotatable bonds is 6. The highest BCUT2D eigenvalue weighted by Gasteiger charge is 2.25. The van der Waals surface area contributed by atoms with E-state index in [1.165, 1.54) is 17.5 Å². The SMILES string of the molecule is CNC(c1ccc(CCOC)cc1)C1CCCO1. The third kappa shape index (κ3) is 3.31. The van der Waals surface area contributed by atoms with Gasteiger partial charge >= 0.3 is 0 Å². The standard InChI is InChI=1S/C15H23NO2/c1-16-15(14-4-3-10-18-14)13-7-5-12(6-8-13)9-11-17-2/h5-8,14-16H,3-4,9-11H2,1-2H3. The molecule has 1 aliphatic heterocycles. The van der Waals surface area contributed by atoms with E-state index in [1.54, 1.807) is 7.11 Å². The van der Waals surface area contributed by atoms with Crippen molar-refractivity contribution in [2.24, 2.45) is 0 Å². The van der Waals surface area contributed by atoms with Gasteiger partial charge in [-0.25, -0.2) is 0 Å². The maximum absolute atomic E-state index is 5.77. The average Bonchev–Trinajstić information content (AvgIpc) is 2.93. The fourth-order valence-electron chi connectivity index (χ4n) is 2.54. The molecule has 0 spiro atoms. The molecule has 1 heterocycles. The highest BCUT2D eigenvalue weighted by Crippen LogP contribution is 2.26. The predicted molar refractivity (Wildman–Crippen MR) is 72.8 cm³/mol. The quantitative estimate of drug-likeness (QED) is 0.839. The van der Waals surface area contributed by atoms with Gasteiger partial charge in [0, 0.05) is 13.7 Å². The van der Waals surface area contributed by atoms with Crippen molar-refractivity contribution < 1.29 is 9.47 Å². The Balaban J connectivity index is 2.02. The molecule has 18 heavy (non-hydrogen) atoms. The minimum atomic E-state index is 0.309. The summed E-state index contributed by atoms with van der Waals surface area (Å²) in [4.78, 5) is 0. The zero-order valence-corrected chi connectivity index (χ0v) is 11.3. The molecule has 1 N–H and O–H groups in total. The first-order valence-corrected chi connectivity index (χ1v) is 6.72. The lowest BCUT2D eigenvalue weighted by molar-refractivity contribution is 0.0807. The monoisotopic (exact) mass is 249 g/mol. The molecule has 1 aromatic carbocycles. The average molecular weight is 249 g/mol. The van der Waals surface area contributed by atoms with Crippen molar-refractivity contribution in [3.63, 3.8) is 0 Å². The van der Waals surface area contributed by atoms with Gasteiger partial charge < -0.3 is 14.8 Å². The van der Waals surface area contributed by atoms with Gasteiger partial charge in [-0.3, -0.25) is 0 Å². The summed E-state index contributed by atoms with van der Waals surface area (Å²) >= 11 is 0. The van der Waals surface area contributed by atoms with E-state index in [1.807, 2.05) is 7.05 Å². The summed E-state index contributed by atoms with van der Waals surface area (Å²) in [7, 11) is 3.74. The van der Waals surface area contributed by atoms with Crippen molar-refractivity contribution in [2.45, 2.75) is 31.4 Å². The lowest BCUT2D eigenvalue weighted by Gasteiger charge is -2.23. The zero-order valence-electron chi connectivity index (χ0n) is 11.3. The van der Waals surface area contributed by atoms with Crippen LogP contribution in [0.1, 0.15) is 30.0 Å². The number of likely N-dealkylation sites (N-methyl/N-ethyl adjacent to an activating group) is 1. The normalized spacial score (nSPS) is 21.1. The molecule has 1 aromatic rings. The van der Waals surface area contributed by atoms with Crippen LogP contribution in [0.25, 0.3) is 0 Å². The molecule has 0 bridgehead atoms. The van der Waals surface area contributed by atoms with Gasteiger partial charge in [-0.15, -0.1) is 0 Å². The molecule has 2 unspecified atom stereocenters. The first-order valence-electron chi connectivity index (χ1n) is 6.72. The van der Waals surface area contributed by atoms with Gasteiger partial charge in [0.05, 0.1) is 18.8 Å². The van der Waals surface area contributed by atoms with Crippen LogP contribution in [-0.2, 0) is 15.9 Å². The highest BCUT2D eigenvalue weighted by atomic mass is 16.5. The fraction of sp³-hybridized carbons (Fsp3) is 0.600. The third-order valence-electron chi connectivity index (χ3n) is 3.58. The van der Waals surface area contributed by atoms with E-state index in [0.717, 1.165) is 26.1 Å². The Morgan fingerprint density at radius 1 is 1.39 bits per heavy atom. The minimum absolute atomic E-state index is 0.309. The van der Waals surface area contributed by atoms with Crippen molar-refractivity contribution in [3.8, 4) is 0 Å². The summed E-state index contributed by atoms with van der Waals surface area (Å²) in [6.45, 7) is 1.68. The maximum Gasteiger partial charge on any atom is 0.0770 e. The molecule has 1 fully saturated rings. The molecule has 0 radical (unpaired) electrons. The van der Waals surface area contributed by atoms with Crippen LogP contribution < -0.4 is 5.32 Å². The summed E-state index contributed by atoms with van der Waals surface area (Å²) in [5.74, 6) is 0. The molecular formula is C15H23NO2. The Morgan fingerprint density at radius 3 is 2.72 bits per heavy atom. The molecule has 100 valence electrons. The first-order chi connectivity index (χ1) is 8.85. The van der Waals surface area contributed by atoms with Gasteiger partial charge in [0.25, 0.3) is 0 Å². The van der Waals surface area contributed by atoms with Gasteiger partial charge in [0.1, 0.15) is 0 Å². The smallest absolute Gasteiger partial charge is 0.0770 e. The molecule has 0 aliphatic carbocycles. The second kappa shape index (κ2) is 6.88. The van der Waals surface area contributed by atoms with Crippen LogP contribution in [0, 0.1) is 0 Å². The largest absolute Gasteiger partial charge is 0.384 e. The maximum atomic E-state index is 5.77. The first kappa shape index (κ1) is 13.5. The van der Waals surface area contributed by atoms with Crippen molar-refractivity contribution in [2.75, 3.05) is 27.4 Å². The Morgan fingerprint density at radius 2 is 2.17 bits per heavy atom. The van der Waals surface area contributed by atoms with E-state index < -0.39 is 0 Å². The number of hydrogen-bond acceptors (Lipinski definition) is 3. The zero-order chi connectivity index (χ0) is 12.8. The van der Waals surface area contributed by atoms with Crippen molar-refractivity contribution in [1.29, 1.82) is 0 Å². The molecule has 1 aliphatic rings. The number of nitrogens with one attached hydrogen (secondary N) is 1. The summed E-state index contributed by atoms with van der Waals surface area (Å²) < 4.78 is 10.9. The number of hydrogen-bond donors (Lipinski definition) is 1. The lowest BCUT2D eigenvalue weighted by Crippen LogP contribution is -2.28. The topological polar surface area (TPSA) is 30.5 Å². The number of benzene rings is 1. The molecule has 1 saturated heterocycles. The van der Waals surface area contributed by atoms with Gasteiger partial charge in [-0.05, 0) is 37.4 Å². The highest BCUT2D eigenvalue weighted by molar-refractivity contribution is 5.26. The Labute approximate surface area is 109 Å². The second-order valence-corrected chi connectivity index (χ2v) is 4.80. The lowest BCUT2D eigenvalue weighted by atomic mass is 9.98. The van der Waals surface area contributed by atoms with Crippen LogP contribution in [0.4, 0.5) is 0 Å². The molecular weight excluding hydrogens is 226 g/mol. The van der Waals surface area contributed by atoms with Crippen LogP contribution in [0.15, 0.2) is 24.3 Å². The summed E-state index contributed by atoms with van der Waals surface area (Å²) in [5.41, 5.74) is 2.63. The fourth-order valence-corrected chi connectivity index (χ4v) is 2.54. The Hall–Kier alpha value is -0.900. The van der Waals surface area contributed by atoms with Gasteiger partial charge in [-0.2, -0.15) is 0 Å². The van der Waals surface area contributed by atoms with Crippen molar-refractivity contribution in [3.05, 3.63) is 35.4 Å².